The molecule has 1 aliphatic heterocycles. The molecule has 0 bridgehead atoms. The summed E-state index contributed by atoms with van der Waals surface area (Å²) in [5.74, 6) is -0.749. The second kappa shape index (κ2) is 5.17. The molecule has 1 N–H and O–H groups in total. The van der Waals surface area contributed by atoms with Gasteiger partial charge in [0.2, 0.25) is 5.91 Å². The van der Waals surface area contributed by atoms with Crippen LogP contribution in [0.1, 0.15) is 27.7 Å². The van der Waals surface area contributed by atoms with Gasteiger partial charge in [0.25, 0.3) is 0 Å². The molecule has 0 unspecified atom stereocenters. The van der Waals surface area contributed by atoms with Crippen molar-refractivity contribution in [3.8, 4) is 0 Å². The molecule has 0 aliphatic carbocycles. The zero-order valence-corrected chi connectivity index (χ0v) is 13.3. The number of carbonyl (C=O) groups excluding carboxylic acids is 1. The number of nitrogens with one attached hydrogen (secondary N) is 1. The molecule has 1 fully saturated rings. The van der Waals surface area contributed by atoms with Gasteiger partial charge in [-0.25, -0.2) is 4.39 Å². The Morgan fingerprint density at radius 1 is 1.25 bits per heavy atom. The van der Waals surface area contributed by atoms with Gasteiger partial charge in [-0.1, -0.05) is 44.0 Å². The van der Waals surface area contributed by atoms with Crippen molar-refractivity contribution in [1.29, 1.82) is 0 Å². The molecule has 1 aromatic carbocycles. The second-order valence-corrected chi connectivity index (χ2v) is 6.90. The number of anilines is 1. The van der Waals surface area contributed by atoms with Gasteiger partial charge < -0.3 is 0 Å². The van der Waals surface area contributed by atoms with Crippen LogP contribution in [0.25, 0.3) is 0 Å². The summed E-state index contributed by atoms with van der Waals surface area (Å²) in [6.07, 6.45) is -0.206. The lowest BCUT2D eigenvalue weighted by Gasteiger charge is -2.34. The highest BCUT2D eigenvalue weighted by Gasteiger charge is 2.43. The molecule has 1 amide bonds. The molecule has 1 aromatic rings. The number of rotatable bonds is 1. The summed E-state index contributed by atoms with van der Waals surface area (Å²) in [5, 5.41) is 3.06. The summed E-state index contributed by atoms with van der Waals surface area (Å²) in [4.78, 5) is 14.0. The fourth-order valence-corrected chi connectivity index (χ4v) is 2.79. The third kappa shape index (κ3) is 2.65. The monoisotopic (exact) mass is 318 g/mol. The van der Waals surface area contributed by atoms with Crippen LogP contribution in [-0.4, -0.2) is 18.1 Å². The van der Waals surface area contributed by atoms with Gasteiger partial charge in [-0.15, -0.1) is 0 Å². The SMILES string of the molecule is C[C@H]1N[C@H](C(C)(C)C)N(c2cc(Cl)c(F)c(Cl)c2)C1=O. The molecule has 110 valence electrons. The highest BCUT2D eigenvalue weighted by Crippen LogP contribution is 2.36. The summed E-state index contributed by atoms with van der Waals surface area (Å²) in [6.45, 7) is 7.87. The molecule has 6 heteroatoms. The van der Waals surface area contributed by atoms with Crippen LogP contribution in [0.5, 0.6) is 0 Å². The first kappa shape index (κ1) is 15.5. The fraction of sp³-hybridized carbons (Fsp3) is 0.500. The Labute approximate surface area is 128 Å². The molecule has 0 saturated carbocycles. The molecule has 3 nitrogen and oxygen atoms in total. The topological polar surface area (TPSA) is 32.3 Å². The Bertz CT molecular complexity index is 534. The van der Waals surface area contributed by atoms with Crippen LogP contribution >= 0.6 is 23.2 Å². The quantitative estimate of drug-likeness (QED) is 0.798. The predicted molar refractivity (Wildman–Crippen MR) is 79.7 cm³/mol. The average molecular weight is 319 g/mol. The maximum Gasteiger partial charge on any atom is 0.245 e. The van der Waals surface area contributed by atoms with Crippen molar-refractivity contribution in [1.82, 2.24) is 5.32 Å². The first-order valence-corrected chi connectivity index (χ1v) is 7.12. The largest absolute Gasteiger partial charge is 0.294 e. The van der Waals surface area contributed by atoms with E-state index in [1.807, 2.05) is 20.8 Å². The molecule has 1 heterocycles. The van der Waals surface area contributed by atoms with Gasteiger partial charge in [0.1, 0.15) is 0 Å². The van der Waals surface area contributed by atoms with Crippen LogP contribution in [0.4, 0.5) is 10.1 Å². The number of hydrogen-bond donors (Lipinski definition) is 1. The normalized spacial score (nSPS) is 23.6. The predicted octanol–water partition coefficient (Wildman–Crippen LogP) is 3.83. The van der Waals surface area contributed by atoms with Crippen molar-refractivity contribution in [2.75, 3.05) is 4.90 Å². The van der Waals surface area contributed by atoms with Crippen molar-refractivity contribution in [2.24, 2.45) is 5.41 Å². The van der Waals surface area contributed by atoms with Gasteiger partial charge in [-0.3, -0.25) is 15.0 Å². The molecule has 20 heavy (non-hydrogen) atoms. The summed E-state index contributed by atoms with van der Waals surface area (Å²) in [7, 11) is 0. The van der Waals surface area contributed by atoms with E-state index in [0.29, 0.717) is 5.69 Å². The third-order valence-corrected chi connectivity index (χ3v) is 3.89. The number of nitrogens with zero attached hydrogens (tertiary/aromatic N) is 1. The van der Waals surface area contributed by atoms with Gasteiger partial charge in [0.05, 0.1) is 22.3 Å². The molecular weight excluding hydrogens is 302 g/mol. The van der Waals surface area contributed by atoms with Crippen molar-refractivity contribution in [2.45, 2.75) is 39.9 Å². The van der Waals surface area contributed by atoms with E-state index in [0.717, 1.165) is 0 Å². The lowest BCUT2D eigenvalue weighted by Crippen LogP contribution is -2.47. The number of halogens is 3. The summed E-state index contributed by atoms with van der Waals surface area (Å²) < 4.78 is 13.5. The van der Waals surface area contributed by atoms with E-state index in [4.69, 9.17) is 23.2 Å². The zero-order chi connectivity index (χ0) is 15.2. The van der Waals surface area contributed by atoms with Crippen LogP contribution in [0.15, 0.2) is 12.1 Å². The van der Waals surface area contributed by atoms with Crippen molar-refractivity contribution >= 4 is 34.8 Å². The first-order chi connectivity index (χ1) is 9.12. The minimum absolute atomic E-state index is 0.0799. The van der Waals surface area contributed by atoms with Crippen molar-refractivity contribution in [3.63, 3.8) is 0 Å². The van der Waals surface area contributed by atoms with E-state index in [2.05, 4.69) is 5.32 Å². The van der Waals surface area contributed by atoms with Crippen LogP contribution in [0.3, 0.4) is 0 Å². The molecule has 2 atom stereocenters. The smallest absolute Gasteiger partial charge is 0.245 e. The van der Waals surface area contributed by atoms with E-state index < -0.39 is 5.82 Å². The number of hydrogen-bond acceptors (Lipinski definition) is 2. The molecule has 0 radical (unpaired) electrons. The van der Waals surface area contributed by atoms with Gasteiger partial charge in [0.15, 0.2) is 5.82 Å². The van der Waals surface area contributed by atoms with E-state index in [1.165, 1.54) is 12.1 Å². The van der Waals surface area contributed by atoms with Crippen LogP contribution < -0.4 is 10.2 Å². The van der Waals surface area contributed by atoms with E-state index >= 15 is 0 Å². The number of benzene rings is 1. The van der Waals surface area contributed by atoms with Crippen LogP contribution in [0.2, 0.25) is 10.0 Å². The molecule has 0 aromatic heterocycles. The lowest BCUT2D eigenvalue weighted by atomic mass is 9.91. The van der Waals surface area contributed by atoms with Gasteiger partial charge in [-0.05, 0) is 24.5 Å². The second-order valence-electron chi connectivity index (χ2n) is 6.09. The molecule has 1 aliphatic rings. The summed E-state index contributed by atoms with van der Waals surface area (Å²) in [6, 6.07) is 2.56. The van der Waals surface area contributed by atoms with Gasteiger partial charge in [0, 0.05) is 5.69 Å². The summed E-state index contributed by atoms with van der Waals surface area (Å²) in [5.41, 5.74) is 0.316. The van der Waals surface area contributed by atoms with Crippen LogP contribution in [0, 0.1) is 11.2 Å². The van der Waals surface area contributed by atoms with Crippen molar-refractivity contribution < 1.29 is 9.18 Å². The number of carbonyl (C=O) groups is 1. The number of amides is 1. The maximum absolute atomic E-state index is 13.5. The Morgan fingerprint density at radius 2 is 1.75 bits per heavy atom. The standard InChI is InChI=1S/C14H17Cl2FN2O/c1-7-12(20)19(13(18-7)14(2,3)4)8-5-9(15)11(17)10(16)6-8/h5-7,13,18H,1-4H3/t7-,13+/m1/s1. The summed E-state index contributed by atoms with van der Waals surface area (Å²) >= 11 is 11.7. The molecule has 2 rings (SSSR count). The Hall–Kier alpha value is -0.840. The highest BCUT2D eigenvalue weighted by molar-refractivity contribution is 6.35. The van der Waals surface area contributed by atoms with Crippen LogP contribution in [-0.2, 0) is 4.79 Å². The van der Waals surface area contributed by atoms with Gasteiger partial charge >= 0.3 is 0 Å². The molecule has 1 saturated heterocycles. The third-order valence-electron chi connectivity index (χ3n) is 3.34. The van der Waals surface area contributed by atoms with E-state index in [1.54, 1.807) is 11.8 Å². The van der Waals surface area contributed by atoms with E-state index in [-0.39, 0.29) is 33.6 Å². The Kier molecular flexibility index (Phi) is 4.02. The maximum atomic E-state index is 13.5. The molecular formula is C14H17Cl2FN2O. The minimum Gasteiger partial charge on any atom is -0.294 e. The van der Waals surface area contributed by atoms with E-state index in [9.17, 15) is 9.18 Å². The highest BCUT2D eigenvalue weighted by atomic mass is 35.5. The average Bonchev–Trinajstić information content (AvgIpc) is 2.62. The fourth-order valence-electron chi connectivity index (χ4n) is 2.31. The first-order valence-electron chi connectivity index (χ1n) is 6.36. The van der Waals surface area contributed by atoms with Crippen molar-refractivity contribution in [3.05, 3.63) is 28.0 Å². The Balaban J connectivity index is 2.51. The minimum atomic E-state index is -0.669. The molecule has 0 spiro atoms. The van der Waals surface area contributed by atoms with Gasteiger partial charge in [-0.2, -0.15) is 0 Å². The zero-order valence-electron chi connectivity index (χ0n) is 11.8. The lowest BCUT2D eigenvalue weighted by molar-refractivity contribution is -0.118. The Morgan fingerprint density at radius 3 is 2.20 bits per heavy atom.